The quantitative estimate of drug-likeness (QED) is 0.286. The number of carbonyl (C=O) groups is 2. The van der Waals surface area contributed by atoms with E-state index in [-0.39, 0.29) is 23.2 Å². The minimum absolute atomic E-state index is 0.0634. The van der Waals surface area contributed by atoms with Gasteiger partial charge in [0.25, 0.3) is 10.0 Å². The molecule has 1 fully saturated rings. The molecule has 3 aromatic rings. The van der Waals surface area contributed by atoms with Crippen LogP contribution in [0, 0.1) is 5.82 Å². The Morgan fingerprint density at radius 2 is 1.58 bits per heavy atom. The molecular formula is C31H33F4N3O4S. The van der Waals surface area contributed by atoms with E-state index in [9.17, 15) is 35.6 Å². The Morgan fingerprint density at radius 1 is 0.930 bits per heavy atom. The maximum absolute atomic E-state index is 13.9. The van der Waals surface area contributed by atoms with Crippen molar-refractivity contribution in [1.29, 1.82) is 0 Å². The summed E-state index contributed by atoms with van der Waals surface area (Å²) in [5.74, 6) is -1.78. The largest absolute Gasteiger partial charge is 0.416 e. The number of alkyl halides is 3. The van der Waals surface area contributed by atoms with Gasteiger partial charge >= 0.3 is 6.18 Å². The van der Waals surface area contributed by atoms with Crippen LogP contribution in [0.15, 0.2) is 83.8 Å². The van der Waals surface area contributed by atoms with Crippen molar-refractivity contribution in [3.63, 3.8) is 0 Å². The van der Waals surface area contributed by atoms with E-state index in [0.29, 0.717) is 15.9 Å². The molecule has 0 radical (unpaired) electrons. The van der Waals surface area contributed by atoms with Crippen LogP contribution in [0.4, 0.5) is 23.2 Å². The molecule has 43 heavy (non-hydrogen) atoms. The topological polar surface area (TPSA) is 86.8 Å². The highest BCUT2D eigenvalue weighted by atomic mass is 32.2. The van der Waals surface area contributed by atoms with Gasteiger partial charge in [0, 0.05) is 12.6 Å². The minimum atomic E-state index is -4.76. The number of rotatable bonds is 10. The van der Waals surface area contributed by atoms with Crippen LogP contribution >= 0.6 is 0 Å². The highest BCUT2D eigenvalue weighted by Crippen LogP contribution is 2.33. The maximum Gasteiger partial charge on any atom is 0.416 e. The lowest BCUT2D eigenvalue weighted by Gasteiger charge is -2.33. The van der Waals surface area contributed by atoms with E-state index in [1.807, 2.05) is 0 Å². The molecule has 1 atom stereocenters. The van der Waals surface area contributed by atoms with E-state index in [2.05, 4.69) is 5.32 Å². The normalized spacial score (nSPS) is 15.0. The number of hydrogen-bond acceptors (Lipinski definition) is 4. The van der Waals surface area contributed by atoms with Crippen LogP contribution in [0.1, 0.15) is 50.2 Å². The monoisotopic (exact) mass is 619 g/mol. The van der Waals surface area contributed by atoms with E-state index in [0.717, 1.165) is 49.1 Å². The first-order valence-electron chi connectivity index (χ1n) is 14.0. The number of amides is 2. The fraction of sp³-hybridized carbons (Fsp3) is 0.355. The highest BCUT2D eigenvalue weighted by Gasteiger charge is 2.35. The molecule has 0 heterocycles. The van der Waals surface area contributed by atoms with E-state index < -0.39 is 52.0 Å². The molecule has 0 saturated heterocycles. The van der Waals surface area contributed by atoms with Crippen molar-refractivity contribution in [2.45, 2.75) is 68.7 Å². The summed E-state index contributed by atoms with van der Waals surface area (Å²) in [6.07, 6.45) is -0.186. The number of carbonyl (C=O) groups excluding carboxylic acids is 2. The smallest absolute Gasteiger partial charge is 0.352 e. The summed E-state index contributed by atoms with van der Waals surface area (Å²) in [7, 11) is -4.52. The summed E-state index contributed by atoms with van der Waals surface area (Å²) in [4.78, 5) is 28.2. The van der Waals surface area contributed by atoms with Gasteiger partial charge < -0.3 is 10.2 Å². The molecular weight excluding hydrogens is 586 g/mol. The first-order chi connectivity index (χ1) is 20.4. The van der Waals surface area contributed by atoms with Crippen molar-refractivity contribution in [3.05, 3.63) is 95.8 Å². The van der Waals surface area contributed by atoms with Crippen LogP contribution in [-0.4, -0.2) is 43.8 Å². The van der Waals surface area contributed by atoms with Crippen LogP contribution in [0.2, 0.25) is 0 Å². The maximum atomic E-state index is 13.9. The summed E-state index contributed by atoms with van der Waals surface area (Å²) < 4.78 is 82.5. The van der Waals surface area contributed by atoms with Crippen LogP contribution in [0.5, 0.6) is 0 Å². The van der Waals surface area contributed by atoms with Gasteiger partial charge in [-0.15, -0.1) is 0 Å². The van der Waals surface area contributed by atoms with Crippen LogP contribution in [0.25, 0.3) is 0 Å². The Kier molecular flexibility index (Phi) is 10.1. The zero-order valence-electron chi connectivity index (χ0n) is 23.6. The summed E-state index contributed by atoms with van der Waals surface area (Å²) in [6, 6.07) is 14.9. The molecule has 2 amide bonds. The Morgan fingerprint density at radius 3 is 2.21 bits per heavy atom. The SMILES string of the molecule is C[C@H](C(=O)NC1CCCCC1)N(Cc1ccc(F)cc1)C(=O)CN(c1cccc(C(F)(F)F)c1)S(=O)(=O)c1ccccc1. The molecule has 0 unspecified atom stereocenters. The third kappa shape index (κ3) is 8.13. The molecule has 1 saturated carbocycles. The second-order valence-electron chi connectivity index (χ2n) is 10.5. The van der Waals surface area contributed by atoms with E-state index in [4.69, 9.17) is 0 Å². The number of hydrogen-bond donors (Lipinski definition) is 1. The van der Waals surface area contributed by atoms with E-state index in [1.54, 1.807) is 6.07 Å². The molecule has 1 aliphatic carbocycles. The summed E-state index contributed by atoms with van der Waals surface area (Å²) in [5.41, 5.74) is -0.981. The fourth-order valence-corrected chi connectivity index (χ4v) is 6.45. The fourth-order valence-electron chi connectivity index (χ4n) is 5.02. The van der Waals surface area contributed by atoms with Gasteiger partial charge in [-0.1, -0.05) is 55.7 Å². The van der Waals surface area contributed by atoms with Crippen molar-refractivity contribution < 1.29 is 35.6 Å². The second-order valence-corrected chi connectivity index (χ2v) is 12.4. The van der Waals surface area contributed by atoms with Crippen molar-refractivity contribution >= 4 is 27.5 Å². The van der Waals surface area contributed by atoms with Gasteiger partial charge in [0.15, 0.2) is 0 Å². The first-order valence-corrected chi connectivity index (χ1v) is 15.4. The van der Waals surface area contributed by atoms with Crippen molar-refractivity contribution in [3.8, 4) is 0 Å². The van der Waals surface area contributed by atoms with Crippen LogP contribution in [0.3, 0.4) is 0 Å². The molecule has 0 bridgehead atoms. The summed E-state index contributed by atoms with van der Waals surface area (Å²) in [6.45, 7) is 0.445. The molecule has 0 spiro atoms. The lowest BCUT2D eigenvalue weighted by atomic mass is 9.95. The van der Waals surface area contributed by atoms with Gasteiger partial charge in [-0.05, 0) is 67.8 Å². The average Bonchev–Trinajstić information content (AvgIpc) is 2.99. The van der Waals surface area contributed by atoms with Gasteiger partial charge in [-0.25, -0.2) is 12.8 Å². The highest BCUT2D eigenvalue weighted by molar-refractivity contribution is 7.92. The Balaban J connectivity index is 1.71. The number of nitrogens with one attached hydrogen (secondary N) is 1. The third-order valence-corrected chi connectivity index (χ3v) is 9.24. The standard InChI is InChI=1S/C31H33F4N3O4S/c1-22(30(40)36-26-10-4-2-5-11-26)37(20-23-15-17-25(32)18-16-23)29(39)21-38(43(41,42)28-13-6-3-7-14-28)27-12-8-9-24(19-27)31(33,34)35/h3,6-9,12-19,22,26H,2,4-5,10-11,20-21H2,1H3,(H,36,40)/t22-/m1/s1. The zero-order valence-corrected chi connectivity index (χ0v) is 24.4. The number of anilines is 1. The molecule has 0 aromatic heterocycles. The zero-order chi connectivity index (χ0) is 31.2. The van der Waals surface area contributed by atoms with Gasteiger partial charge in [-0.2, -0.15) is 13.2 Å². The molecule has 4 rings (SSSR count). The van der Waals surface area contributed by atoms with Crippen molar-refractivity contribution in [2.24, 2.45) is 0 Å². The lowest BCUT2D eigenvalue weighted by Crippen LogP contribution is -2.53. The Hall–Kier alpha value is -3.93. The minimum Gasteiger partial charge on any atom is -0.352 e. The molecule has 7 nitrogen and oxygen atoms in total. The molecule has 1 N–H and O–H groups in total. The van der Waals surface area contributed by atoms with Gasteiger partial charge in [0.05, 0.1) is 16.1 Å². The molecule has 0 aliphatic heterocycles. The van der Waals surface area contributed by atoms with Crippen molar-refractivity contribution in [1.82, 2.24) is 10.2 Å². The van der Waals surface area contributed by atoms with Gasteiger partial charge in [0.1, 0.15) is 18.4 Å². The first kappa shape index (κ1) is 32.0. The second kappa shape index (κ2) is 13.6. The molecule has 12 heteroatoms. The lowest BCUT2D eigenvalue weighted by molar-refractivity contribution is -0.139. The number of nitrogens with zero attached hydrogens (tertiary/aromatic N) is 2. The van der Waals surface area contributed by atoms with Crippen LogP contribution in [-0.2, 0) is 32.3 Å². The van der Waals surface area contributed by atoms with E-state index in [1.165, 1.54) is 61.5 Å². The summed E-state index contributed by atoms with van der Waals surface area (Å²) >= 11 is 0. The summed E-state index contributed by atoms with van der Waals surface area (Å²) in [5, 5.41) is 2.96. The Bertz CT molecular complexity index is 1510. The average molecular weight is 620 g/mol. The number of sulfonamides is 1. The third-order valence-electron chi connectivity index (χ3n) is 7.46. The van der Waals surface area contributed by atoms with Crippen LogP contribution < -0.4 is 9.62 Å². The van der Waals surface area contributed by atoms with Gasteiger partial charge in [0.2, 0.25) is 11.8 Å². The molecule has 230 valence electrons. The Labute approximate surface area is 248 Å². The number of benzene rings is 3. The number of halogens is 4. The predicted molar refractivity (Wildman–Crippen MR) is 154 cm³/mol. The van der Waals surface area contributed by atoms with Gasteiger partial charge in [-0.3, -0.25) is 13.9 Å². The molecule has 1 aliphatic rings. The predicted octanol–water partition coefficient (Wildman–Crippen LogP) is 5.91. The van der Waals surface area contributed by atoms with E-state index >= 15 is 0 Å². The molecule has 3 aromatic carbocycles. The van der Waals surface area contributed by atoms with Crippen molar-refractivity contribution in [2.75, 3.05) is 10.8 Å².